The number of nitrogens with zero attached hydrogens (tertiary/aromatic N) is 2. The maximum Gasteiger partial charge on any atom is 0.435 e. The quantitative estimate of drug-likeness (QED) is 0.441. The van der Waals surface area contributed by atoms with Gasteiger partial charge in [-0.1, -0.05) is 12.1 Å². The van der Waals surface area contributed by atoms with E-state index in [1.165, 1.54) is 36.4 Å². The zero-order valence-electron chi connectivity index (χ0n) is 15.4. The molecule has 2 aromatic carbocycles. The van der Waals surface area contributed by atoms with Crippen LogP contribution in [0.25, 0.3) is 16.9 Å². The highest BCUT2D eigenvalue weighted by molar-refractivity contribution is 7.91. The van der Waals surface area contributed by atoms with Gasteiger partial charge in [-0.2, -0.15) is 18.3 Å². The van der Waals surface area contributed by atoms with Gasteiger partial charge in [-0.15, -0.1) is 0 Å². The van der Waals surface area contributed by atoms with Crippen molar-refractivity contribution in [2.75, 3.05) is 5.94 Å². The first kappa shape index (κ1) is 21.5. The van der Waals surface area contributed by atoms with E-state index in [2.05, 4.69) is 9.84 Å². The third kappa shape index (κ3) is 4.67. The highest BCUT2D eigenvalue weighted by atomic mass is 32.2. The fourth-order valence-corrected chi connectivity index (χ4v) is 3.57. The highest BCUT2D eigenvalue weighted by Crippen LogP contribution is 2.33. The molecule has 6 nitrogen and oxygen atoms in total. The first-order valence-electron chi connectivity index (χ1n) is 8.37. The fraction of sp³-hybridized carbons (Fsp3) is 0.158. The van der Waals surface area contributed by atoms with Crippen LogP contribution < -0.4 is 0 Å². The van der Waals surface area contributed by atoms with E-state index in [0.717, 1.165) is 29.8 Å². The molecule has 0 aliphatic heterocycles. The largest absolute Gasteiger partial charge is 0.449 e. The lowest BCUT2D eigenvalue weighted by Gasteiger charge is -2.09. The number of carbonyl (C=O) groups excluding carboxylic acids is 1. The van der Waals surface area contributed by atoms with Gasteiger partial charge in [0.25, 0.3) is 0 Å². The second kappa shape index (κ2) is 7.90. The van der Waals surface area contributed by atoms with Gasteiger partial charge in [0.2, 0.25) is 9.84 Å². The molecule has 0 aliphatic carbocycles. The number of sulfone groups is 1. The number of benzene rings is 2. The van der Waals surface area contributed by atoms with E-state index in [4.69, 9.17) is 0 Å². The number of hydrogen-bond acceptors (Lipinski definition) is 5. The van der Waals surface area contributed by atoms with Gasteiger partial charge in [-0.3, -0.25) is 4.79 Å². The zero-order chi connectivity index (χ0) is 22.1. The van der Waals surface area contributed by atoms with Crippen LogP contribution in [0.3, 0.4) is 0 Å². The molecule has 0 radical (unpaired) electrons. The molecule has 30 heavy (non-hydrogen) atoms. The molecule has 0 bridgehead atoms. The van der Waals surface area contributed by atoms with Gasteiger partial charge in [0.15, 0.2) is 11.6 Å². The molecule has 0 N–H and O–H groups in total. The molecule has 1 aromatic heterocycles. The summed E-state index contributed by atoms with van der Waals surface area (Å²) in [5.74, 6) is -2.18. The Morgan fingerprint density at radius 2 is 1.67 bits per heavy atom. The van der Waals surface area contributed by atoms with E-state index in [-0.39, 0.29) is 21.8 Å². The summed E-state index contributed by atoms with van der Waals surface area (Å²) in [6.45, 7) is 1.06. The molecular formula is C19H14F4N2O4S. The van der Waals surface area contributed by atoms with Crippen LogP contribution in [0.5, 0.6) is 0 Å². The molecule has 0 spiro atoms. The van der Waals surface area contributed by atoms with Crippen molar-refractivity contribution in [3.05, 3.63) is 66.1 Å². The molecule has 0 unspecified atom stereocenters. The summed E-state index contributed by atoms with van der Waals surface area (Å²) in [6.07, 6.45) is -4.71. The lowest BCUT2D eigenvalue weighted by atomic mass is 10.1. The second-order valence-corrected chi connectivity index (χ2v) is 8.13. The Hall–Kier alpha value is -3.21. The summed E-state index contributed by atoms with van der Waals surface area (Å²) < 4.78 is 82.6. The van der Waals surface area contributed by atoms with Crippen LogP contribution in [0.15, 0.2) is 59.5 Å². The number of ether oxygens (including phenoxy) is 1. The van der Waals surface area contributed by atoms with Crippen LogP contribution in [0.4, 0.5) is 17.6 Å². The van der Waals surface area contributed by atoms with Crippen molar-refractivity contribution in [1.82, 2.24) is 9.78 Å². The summed E-state index contributed by atoms with van der Waals surface area (Å²) >= 11 is 0. The van der Waals surface area contributed by atoms with Gasteiger partial charge in [0.05, 0.1) is 16.3 Å². The minimum absolute atomic E-state index is 0.0258. The molecule has 0 aliphatic rings. The van der Waals surface area contributed by atoms with Crippen LogP contribution in [-0.4, -0.2) is 30.1 Å². The topological polar surface area (TPSA) is 78.3 Å². The van der Waals surface area contributed by atoms with Crippen LogP contribution >= 0.6 is 0 Å². The fourth-order valence-electron chi connectivity index (χ4n) is 2.57. The smallest absolute Gasteiger partial charge is 0.435 e. The predicted octanol–water partition coefficient (Wildman–Crippen LogP) is 3.99. The molecule has 3 rings (SSSR count). The Balaban J connectivity index is 2.03. The molecule has 0 saturated carbocycles. The highest BCUT2D eigenvalue weighted by Gasteiger charge is 2.35. The van der Waals surface area contributed by atoms with Gasteiger partial charge < -0.3 is 4.74 Å². The van der Waals surface area contributed by atoms with Crippen LogP contribution in [0.2, 0.25) is 0 Å². The first-order chi connectivity index (χ1) is 14.0. The lowest BCUT2D eigenvalue weighted by Crippen LogP contribution is -2.12. The van der Waals surface area contributed by atoms with E-state index in [1.54, 1.807) is 0 Å². The van der Waals surface area contributed by atoms with Crippen molar-refractivity contribution in [3.8, 4) is 16.9 Å². The molecule has 1 heterocycles. The molecule has 0 fully saturated rings. The summed E-state index contributed by atoms with van der Waals surface area (Å²) in [7, 11) is -3.93. The molecule has 3 aromatic rings. The van der Waals surface area contributed by atoms with E-state index in [0.29, 0.717) is 0 Å². The maximum atomic E-state index is 13.2. The maximum absolute atomic E-state index is 13.2. The van der Waals surface area contributed by atoms with Crippen molar-refractivity contribution < 1.29 is 35.5 Å². The number of rotatable bonds is 5. The van der Waals surface area contributed by atoms with Crippen LogP contribution in [-0.2, 0) is 25.5 Å². The molecular weight excluding hydrogens is 428 g/mol. The predicted molar refractivity (Wildman–Crippen MR) is 97.8 cm³/mol. The third-order valence-electron chi connectivity index (χ3n) is 4.00. The normalized spacial score (nSPS) is 12.0. The Morgan fingerprint density at radius 1 is 1.07 bits per heavy atom. The second-order valence-electron chi connectivity index (χ2n) is 6.19. The van der Waals surface area contributed by atoms with Gasteiger partial charge in [0, 0.05) is 12.5 Å². The van der Waals surface area contributed by atoms with Gasteiger partial charge in [-0.05, 0) is 42.5 Å². The lowest BCUT2D eigenvalue weighted by molar-refractivity contribution is -0.141. The Morgan fingerprint density at radius 3 is 2.20 bits per heavy atom. The number of aromatic nitrogens is 2. The third-order valence-corrected chi connectivity index (χ3v) is 5.42. The van der Waals surface area contributed by atoms with Crippen LogP contribution in [0, 0.1) is 5.82 Å². The average molecular weight is 442 g/mol. The molecule has 11 heteroatoms. The summed E-state index contributed by atoms with van der Waals surface area (Å²) in [5, 5.41) is 3.57. The van der Waals surface area contributed by atoms with Crippen molar-refractivity contribution >= 4 is 15.8 Å². The monoisotopic (exact) mass is 442 g/mol. The Bertz CT molecular complexity index is 1170. The van der Waals surface area contributed by atoms with Crippen molar-refractivity contribution in [1.29, 1.82) is 0 Å². The zero-order valence-corrected chi connectivity index (χ0v) is 16.2. The van der Waals surface area contributed by atoms with Crippen molar-refractivity contribution in [2.45, 2.75) is 18.0 Å². The van der Waals surface area contributed by atoms with Crippen molar-refractivity contribution in [3.63, 3.8) is 0 Å². The van der Waals surface area contributed by atoms with Crippen LogP contribution in [0.1, 0.15) is 12.6 Å². The van der Waals surface area contributed by atoms with E-state index in [9.17, 15) is 30.8 Å². The van der Waals surface area contributed by atoms with E-state index >= 15 is 0 Å². The van der Waals surface area contributed by atoms with Crippen molar-refractivity contribution in [2.24, 2.45) is 0 Å². The van der Waals surface area contributed by atoms with E-state index in [1.807, 2.05) is 0 Å². The number of hydrogen-bond donors (Lipinski definition) is 0. The molecule has 0 atom stereocenters. The minimum Gasteiger partial charge on any atom is -0.449 e. The first-order valence-corrected chi connectivity index (χ1v) is 10.0. The summed E-state index contributed by atoms with van der Waals surface area (Å²) in [4.78, 5) is 10.7. The minimum atomic E-state index is -4.71. The van der Waals surface area contributed by atoms with Gasteiger partial charge >= 0.3 is 12.1 Å². The summed E-state index contributed by atoms with van der Waals surface area (Å²) in [5.41, 5.74) is -0.700. The standard InChI is InChI=1S/C19H14F4N2O4S/c1-12(26)29-11-30(27,28)16-8-2-13(3-9-16)17-10-18(19(21,22)23)24-25(17)15-6-4-14(20)5-7-15/h2-10H,11H2,1H3. The molecule has 0 amide bonds. The number of esters is 1. The van der Waals surface area contributed by atoms with Gasteiger partial charge in [0.1, 0.15) is 5.82 Å². The van der Waals surface area contributed by atoms with Gasteiger partial charge in [-0.25, -0.2) is 17.5 Å². The summed E-state index contributed by atoms with van der Waals surface area (Å²) in [6, 6.07) is 10.5. The number of alkyl halides is 3. The average Bonchev–Trinajstić information content (AvgIpc) is 3.13. The molecule has 0 saturated heterocycles. The number of carbonyl (C=O) groups is 1. The number of halogens is 4. The Labute approximate surface area is 168 Å². The van der Waals surface area contributed by atoms with E-state index < -0.39 is 39.4 Å². The molecule has 158 valence electrons. The SMILES string of the molecule is CC(=O)OCS(=O)(=O)c1ccc(-c2cc(C(F)(F)F)nn2-c2ccc(F)cc2)cc1. The Kier molecular flexibility index (Phi) is 5.66.